The van der Waals surface area contributed by atoms with Crippen molar-refractivity contribution in [2.75, 3.05) is 5.32 Å². The number of thiazole rings is 1. The monoisotopic (exact) mass is 243 g/mol. The van der Waals surface area contributed by atoms with Gasteiger partial charge in [-0.2, -0.15) is 5.26 Å². The molecule has 0 saturated heterocycles. The Labute approximate surface area is 96.1 Å². The van der Waals surface area contributed by atoms with Crippen molar-refractivity contribution in [2.45, 2.75) is 37.6 Å². The zero-order valence-electron chi connectivity index (χ0n) is 8.54. The van der Waals surface area contributed by atoms with Crippen LogP contribution in [-0.4, -0.2) is 16.9 Å². The van der Waals surface area contributed by atoms with E-state index in [-0.39, 0.29) is 18.9 Å². The van der Waals surface area contributed by atoms with E-state index in [1.165, 1.54) is 17.5 Å². The van der Waals surface area contributed by atoms with Gasteiger partial charge in [-0.25, -0.2) is 13.8 Å². The number of rotatable bonds is 2. The lowest BCUT2D eigenvalue weighted by atomic mass is 9.92. The number of nitrogens with zero attached hydrogens (tertiary/aromatic N) is 2. The lowest BCUT2D eigenvalue weighted by Gasteiger charge is -2.28. The van der Waals surface area contributed by atoms with Crippen molar-refractivity contribution in [3.63, 3.8) is 0 Å². The van der Waals surface area contributed by atoms with Crippen molar-refractivity contribution >= 4 is 16.5 Å². The van der Waals surface area contributed by atoms with Gasteiger partial charge in [0.2, 0.25) is 5.92 Å². The summed E-state index contributed by atoms with van der Waals surface area (Å²) in [5.41, 5.74) is 0. The largest absolute Gasteiger partial charge is 0.359 e. The van der Waals surface area contributed by atoms with Crippen LogP contribution in [0.4, 0.5) is 13.9 Å². The quantitative estimate of drug-likeness (QED) is 0.868. The minimum absolute atomic E-state index is 0.0531. The van der Waals surface area contributed by atoms with E-state index in [1.807, 2.05) is 6.07 Å². The first-order chi connectivity index (χ1) is 7.59. The second-order valence-corrected chi connectivity index (χ2v) is 4.95. The molecule has 0 amide bonds. The van der Waals surface area contributed by atoms with Gasteiger partial charge in [0, 0.05) is 18.9 Å². The Kier molecular flexibility index (Phi) is 3.06. The molecule has 1 aliphatic carbocycles. The molecule has 1 heterocycles. The number of anilines is 1. The summed E-state index contributed by atoms with van der Waals surface area (Å²) in [4.78, 5) is 4.55. The third-order valence-electron chi connectivity index (χ3n) is 2.66. The standard InChI is InChI=1S/C10H11F2N3S/c11-10(12)3-1-7(2-4-10)15-9-14-6-8(5-13)16-9/h6-7H,1-4H2,(H,14,15). The smallest absolute Gasteiger partial charge is 0.248 e. The van der Waals surface area contributed by atoms with E-state index in [1.54, 1.807) is 0 Å². The Bertz CT molecular complexity index is 400. The van der Waals surface area contributed by atoms with Gasteiger partial charge in [0.25, 0.3) is 0 Å². The average molecular weight is 243 g/mol. The Morgan fingerprint density at radius 1 is 1.50 bits per heavy atom. The van der Waals surface area contributed by atoms with Crippen LogP contribution >= 0.6 is 11.3 Å². The highest BCUT2D eigenvalue weighted by Crippen LogP contribution is 2.34. The Morgan fingerprint density at radius 3 is 2.75 bits per heavy atom. The Morgan fingerprint density at radius 2 is 2.19 bits per heavy atom. The molecule has 0 bridgehead atoms. The predicted molar refractivity (Wildman–Crippen MR) is 57.7 cm³/mol. The molecule has 86 valence electrons. The SMILES string of the molecule is N#Cc1cnc(NC2CCC(F)(F)CC2)s1. The molecule has 1 fully saturated rings. The van der Waals surface area contributed by atoms with Crippen molar-refractivity contribution in [2.24, 2.45) is 0 Å². The molecule has 1 aromatic heterocycles. The Hall–Kier alpha value is -1.22. The van der Waals surface area contributed by atoms with Crippen LogP contribution in [-0.2, 0) is 0 Å². The predicted octanol–water partition coefficient (Wildman–Crippen LogP) is 3.00. The molecule has 0 unspecified atom stereocenters. The summed E-state index contributed by atoms with van der Waals surface area (Å²) in [7, 11) is 0. The summed E-state index contributed by atoms with van der Waals surface area (Å²) < 4.78 is 25.8. The highest BCUT2D eigenvalue weighted by Gasteiger charge is 2.34. The molecule has 1 saturated carbocycles. The molecular weight excluding hydrogens is 232 g/mol. The fourth-order valence-electron chi connectivity index (χ4n) is 1.75. The first kappa shape index (κ1) is 11.3. The second kappa shape index (κ2) is 4.34. The topological polar surface area (TPSA) is 48.7 Å². The van der Waals surface area contributed by atoms with Crippen molar-refractivity contribution in [1.29, 1.82) is 5.26 Å². The fraction of sp³-hybridized carbons (Fsp3) is 0.600. The van der Waals surface area contributed by atoms with E-state index in [4.69, 9.17) is 5.26 Å². The van der Waals surface area contributed by atoms with Crippen LogP contribution in [0, 0.1) is 11.3 Å². The van der Waals surface area contributed by atoms with E-state index in [2.05, 4.69) is 10.3 Å². The molecular formula is C10H11F2N3S. The van der Waals surface area contributed by atoms with E-state index in [0.29, 0.717) is 22.9 Å². The van der Waals surface area contributed by atoms with Gasteiger partial charge in [0.1, 0.15) is 10.9 Å². The van der Waals surface area contributed by atoms with Crippen LogP contribution in [0.5, 0.6) is 0 Å². The Balaban J connectivity index is 1.90. The van der Waals surface area contributed by atoms with E-state index in [0.717, 1.165) is 0 Å². The summed E-state index contributed by atoms with van der Waals surface area (Å²) in [6.45, 7) is 0. The summed E-state index contributed by atoms with van der Waals surface area (Å²) >= 11 is 1.26. The van der Waals surface area contributed by atoms with Crippen molar-refractivity contribution in [3.8, 4) is 6.07 Å². The van der Waals surface area contributed by atoms with Gasteiger partial charge >= 0.3 is 0 Å². The molecule has 6 heteroatoms. The van der Waals surface area contributed by atoms with Crippen LogP contribution < -0.4 is 5.32 Å². The van der Waals surface area contributed by atoms with Gasteiger partial charge in [-0.1, -0.05) is 11.3 Å². The second-order valence-electron chi connectivity index (χ2n) is 3.92. The normalized spacial score (nSPS) is 20.3. The van der Waals surface area contributed by atoms with Crippen LogP contribution in [0.1, 0.15) is 30.6 Å². The molecule has 0 aromatic carbocycles. The maximum atomic E-state index is 12.9. The maximum absolute atomic E-state index is 12.9. The zero-order valence-corrected chi connectivity index (χ0v) is 9.36. The summed E-state index contributed by atoms with van der Waals surface area (Å²) in [6.07, 6.45) is 2.26. The van der Waals surface area contributed by atoms with Crippen molar-refractivity contribution in [3.05, 3.63) is 11.1 Å². The van der Waals surface area contributed by atoms with E-state index >= 15 is 0 Å². The van der Waals surface area contributed by atoms with E-state index in [9.17, 15) is 8.78 Å². The van der Waals surface area contributed by atoms with Gasteiger partial charge in [0.05, 0.1) is 6.20 Å². The average Bonchev–Trinajstić information content (AvgIpc) is 2.69. The zero-order chi connectivity index (χ0) is 11.6. The van der Waals surface area contributed by atoms with Gasteiger partial charge in [-0.3, -0.25) is 0 Å². The molecule has 0 radical (unpaired) electrons. The minimum atomic E-state index is -2.50. The number of nitrogens with one attached hydrogen (secondary N) is 1. The number of alkyl halides is 2. The van der Waals surface area contributed by atoms with Crippen LogP contribution in [0.25, 0.3) is 0 Å². The third-order valence-corrected chi connectivity index (χ3v) is 3.49. The first-order valence-electron chi connectivity index (χ1n) is 5.09. The van der Waals surface area contributed by atoms with E-state index < -0.39 is 5.92 Å². The molecule has 3 nitrogen and oxygen atoms in total. The lowest BCUT2D eigenvalue weighted by molar-refractivity contribution is -0.0360. The summed E-state index contributed by atoms with van der Waals surface area (Å²) in [6, 6.07) is 2.05. The molecule has 1 aromatic rings. The lowest BCUT2D eigenvalue weighted by Crippen LogP contribution is -2.31. The summed E-state index contributed by atoms with van der Waals surface area (Å²) in [5.74, 6) is -2.50. The molecule has 2 rings (SSSR count). The molecule has 1 aliphatic rings. The highest BCUT2D eigenvalue weighted by molar-refractivity contribution is 7.16. The maximum Gasteiger partial charge on any atom is 0.248 e. The van der Waals surface area contributed by atoms with Gasteiger partial charge in [-0.15, -0.1) is 0 Å². The number of hydrogen-bond acceptors (Lipinski definition) is 4. The fourth-order valence-corrected chi connectivity index (χ4v) is 2.44. The van der Waals surface area contributed by atoms with Crippen molar-refractivity contribution < 1.29 is 8.78 Å². The van der Waals surface area contributed by atoms with Crippen molar-refractivity contribution in [1.82, 2.24) is 4.98 Å². The number of nitriles is 1. The molecule has 16 heavy (non-hydrogen) atoms. The minimum Gasteiger partial charge on any atom is -0.359 e. The number of hydrogen-bond donors (Lipinski definition) is 1. The number of halogens is 2. The van der Waals surface area contributed by atoms with Gasteiger partial charge < -0.3 is 5.32 Å². The van der Waals surface area contributed by atoms with Crippen LogP contribution in [0.15, 0.2) is 6.20 Å². The molecule has 0 aliphatic heterocycles. The van der Waals surface area contributed by atoms with Crippen LogP contribution in [0.2, 0.25) is 0 Å². The highest BCUT2D eigenvalue weighted by atomic mass is 32.1. The first-order valence-corrected chi connectivity index (χ1v) is 5.91. The molecule has 1 N–H and O–H groups in total. The van der Waals surface area contributed by atoms with Gasteiger partial charge in [-0.05, 0) is 12.8 Å². The third kappa shape index (κ3) is 2.67. The van der Waals surface area contributed by atoms with Gasteiger partial charge in [0.15, 0.2) is 5.13 Å². The number of aromatic nitrogens is 1. The molecule has 0 atom stereocenters. The van der Waals surface area contributed by atoms with Crippen LogP contribution in [0.3, 0.4) is 0 Å². The summed E-state index contributed by atoms with van der Waals surface area (Å²) in [5, 5.41) is 12.4. The molecule has 0 spiro atoms.